The molecule has 0 aromatic heterocycles. The molecule has 0 bridgehead atoms. The molecule has 0 saturated heterocycles. The van der Waals surface area contributed by atoms with Gasteiger partial charge in [0.05, 0.1) is 0 Å². The number of hydrogen-bond donors (Lipinski definition) is 1. The highest BCUT2D eigenvalue weighted by Gasteiger charge is 2.15. The Morgan fingerprint density at radius 2 is 1.50 bits per heavy atom. The normalized spacial score (nSPS) is 10.1. The SMILES string of the molecule is CC(=O)N(CC(=O)NCc1ccccc1)c1ccc(N(C)C)cc1. The van der Waals surface area contributed by atoms with Crippen LogP contribution in [0, 0.1) is 0 Å². The molecule has 0 aliphatic heterocycles. The maximum absolute atomic E-state index is 12.2. The summed E-state index contributed by atoms with van der Waals surface area (Å²) in [4.78, 5) is 27.5. The van der Waals surface area contributed by atoms with Gasteiger partial charge in [0.25, 0.3) is 0 Å². The Morgan fingerprint density at radius 3 is 2.04 bits per heavy atom. The van der Waals surface area contributed by atoms with Crippen LogP contribution in [0.5, 0.6) is 0 Å². The van der Waals surface area contributed by atoms with Gasteiger partial charge in [0.1, 0.15) is 6.54 Å². The molecule has 0 fully saturated rings. The van der Waals surface area contributed by atoms with Gasteiger partial charge in [-0.1, -0.05) is 30.3 Å². The Kier molecular flexibility index (Phi) is 5.95. The van der Waals surface area contributed by atoms with Crippen molar-refractivity contribution in [3.63, 3.8) is 0 Å². The smallest absolute Gasteiger partial charge is 0.240 e. The van der Waals surface area contributed by atoms with E-state index in [0.29, 0.717) is 12.2 Å². The summed E-state index contributed by atoms with van der Waals surface area (Å²) in [5.41, 5.74) is 2.77. The van der Waals surface area contributed by atoms with Crippen molar-refractivity contribution < 1.29 is 9.59 Å². The van der Waals surface area contributed by atoms with Gasteiger partial charge < -0.3 is 15.1 Å². The van der Waals surface area contributed by atoms with Gasteiger partial charge in [-0.25, -0.2) is 0 Å². The maximum atomic E-state index is 12.2. The molecule has 0 aliphatic carbocycles. The standard InChI is InChI=1S/C19H23N3O2/c1-15(23)22(18-11-9-17(10-12-18)21(2)3)14-19(24)20-13-16-7-5-4-6-8-16/h4-12H,13-14H2,1-3H3,(H,20,24). The van der Waals surface area contributed by atoms with Gasteiger partial charge in [-0.3, -0.25) is 9.59 Å². The highest BCUT2D eigenvalue weighted by Crippen LogP contribution is 2.19. The number of nitrogens with one attached hydrogen (secondary N) is 1. The molecule has 2 rings (SSSR count). The Hall–Kier alpha value is -2.82. The minimum atomic E-state index is -0.189. The van der Waals surface area contributed by atoms with Crippen LogP contribution in [0.25, 0.3) is 0 Å². The van der Waals surface area contributed by atoms with E-state index in [0.717, 1.165) is 11.3 Å². The van der Waals surface area contributed by atoms with E-state index < -0.39 is 0 Å². The first-order chi connectivity index (χ1) is 11.5. The van der Waals surface area contributed by atoms with Crippen molar-refractivity contribution in [2.24, 2.45) is 0 Å². The molecular weight excluding hydrogens is 302 g/mol. The van der Waals surface area contributed by atoms with Crippen LogP contribution >= 0.6 is 0 Å². The first-order valence-corrected chi connectivity index (χ1v) is 7.83. The predicted molar refractivity (Wildman–Crippen MR) is 97.1 cm³/mol. The Bertz CT molecular complexity index is 682. The number of rotatable bonds is 6. The van der Waals surface area contributed by atoms with E-state index in [1.54, 1.807) is 0 Å². The van der Waals surface area contributed by atoms with E-state index in [-0.39, 0.29) is 18.4 Å². The van der Waals surface area contributed by atoms with Crippen molar-refractivity contribution in [3.8, 4) is 0 Å². The average molecular weight is 325 g/mol. The summed E-state index contributed by atoms with van der Waals surface area (Å²) in [6, 6.07) is 17.2. The average Bonchev–Trinajstić information content (AvgIpc) is 2.58. The van der Waals surface area contributed by atoms with E-state index in [2.05, 4.69) is 5.32 Å². The molecule has 0 heterocycles. The Balaban J connectivity index is 2.00. The van der Waals surface area contributed by atoms with Gasteiger partial charge in [0.2, 0.25) is 11.8 Å². The highest BCUT2D eigenvalue weighted by atomic mass is 16.2. The number of amides is 2. The van der Waals surface area contributed by atoms with Gasteiger partial charge in [-0.15, -0.1) is 0 Å². The molecule has 5 nitrogen and oxygen atoms in total. The number of anilines is 2. The van der Waals surface area contributed by atoms with E-state index in [9.17, 15) is 9.59 Å². The van der Waals surface area contributed by atoms with E-state index in [4.69, 9.17) is 0 Å². The lowest BCUT2D eigenvalue weighted by molar-refractivity contribution is -0.123. The summed E-state index contributed by atoms with van der Waals surface area (Å²) >= 11 is 0. The second kappa shape index (κ2) is 8.15. The van der Waals surface area contributed by atoms with Gasteiger partial charge in [-0.2, -0.15) is 0 Å². The molecule has 2 aromatic rings. The van der Waals surface area contributed by atoms with Crippen LogP contribution in [0.1, 0.15) is 12.5 Å². The summed E-state index contributed by atoms with van der Waals surface area (Å²) in [5, 5.41) is 2.84. The van der Waals surface area contributed by atoms with E-state index >= 15 is 0 Å². The molecule has 24 heavy (non-hydrogen) atoms. The molecule has 0 radical (unpaired) electrons. The topological polar surface area (TPSA) is 52.7 Å². The number of carbonyl (C=O) groups is 2. The second-order valence-electron chi connectivity index (χ2n) is 5.78. The van der Waals surface area contributed by atoms with Crippen LogP contribution in [0.4, 0.5) is 11.4 Å². The van der Waals surface area contributed by atoms with Crippen molar-refractivity contribution in [1.82, 2.24) is 5.32 Å². The quantitative estimate of drug-likeness (QED) is 0.887. The molecule has 0 unspecified atom stereocenters. The fourth-order valence-electron chi connectivity index (χ4n) is 2.31. The molecule has 126 valence electrons. The lowest BCUT2D eigenvalue weighted by Crippen LogP contribution is -2.39. The summed E-state index contributed by atoms with van der Waals surface area (Å²) in [5.74, 6) is -0.354. The fourth-order valence-corrected chi connectivity index (χ4v) is 2.31. The monoisotopic (exact) mass is 325 g/mol. The molecule has 0 aliphatic rings. The first kappa shape index (κ1) is 17.5. The summed E-state index contributed by atoms with van der Waals surface area (Å²) in [7, 11) is 3.91. The van der Waals surface area contributed by atoms with Crippen LogP contribution in [0.3, 0.4) is 0 Å². The predicted octanol–water partition coefficient (Wildman–Crippen LogP) is 2.42. The number of carbonyl (C=O) groups excluding carboxylic acids is 2. The van der Waals surface area contributed by atoms with Gasteiger partial charge in [0.15, 0.2) is 0 Å². The van der Waals surface area contributed by atoms with Crippen LogP contribution in [-0.2, 0) is 16.1 Å². The minimum absolute atomic E-state index is 0.00345. The van der Waals surface area contributed by atoms with Crippen molar-refractivity contribution in [1.29, 1.82) is 0 Å². The van der Waals surface area contributed by atoms with Crippen molar-refractivity contribution in [3.05, 3.63) is 60.2 Å². The van der Waals surface area contributed by atoms with Crippen molar-refractivity contribution in [2.75, 3.05) is 30.4 Å². The number of benzene rings is 2. The second-order valence-corrected chi connectivity index (χ2v) is 5.78. The molecule has 0 atom stereocenters. The molecule has 2 amide bonds. The first-order valence-electron chi connectivity index (χ1n) is 7.83. The van der Waals surface area contributed by atoms with Crippen molar-refractivity contribution >= 4 is 23.2 Å². The zero-order valence-electron chi connectivity index (χ0n) is 14.3. The zero-order valence-corrected chi connectivity index (χ0v) is 14.3. The Labute approximate surface area is 142 Å². The van der Waals surface area contributed by atoms with Crippen molar-refractivity contribution in [2.45, 2.75) is 13.5 Å². The van der Waals surface area contributed by atoms with Gasteiger partial charge in [-0.05, 0) is 29.8 Å². The van der Waals surface area contributed by atoms with Crippen LogP contribution in [0.2, 0.25) is 0 Å². The van der Waals surface area contributed by atoms with E-state index in [1.807, 2.05) is 73.6 Å². The van der Waals surface area contributed by atoms with Gasteiger partial charge >= 0.3 is 0 Å². The summed E-state index contributed by atoms with van der Waals surface area (Å²) in [6.45, 7) is 1.92. The zero-order chi connectivity index (χ0) is 17.5. The fraction of sp³-hybridized carbons (Fsp3) is 0.263. The third-order valence-electron chi connectivity index (χ3n) is 3.69. The van der Waals surface area contributed by atoms with Crippen LogP contribution in [0.15, 0.2) is 54.6 Å². The number of nitrogens with zero attached hydrogens (tertiary/aromatic N) is 2. The third-order valence-corrected chi connectivity index (χ3v) is 3.69. The largest absolute Gasteiger partial charge is 0.378 e. The molecule has 5 heteroatoms. The van der Waals surface area contributed by atoms with Gasteiger partial charge in [0, 0.05) is 38.9 Å². The maximum Gasteiger partial charge on any atom is 0.240 e. The molecule has 1 N–H and O–H groups in total. The third kappa shape index (κ3) is 4.84. The van der Waals surface area contributed by atoms with Crippen LogP contribution in [-0.4, -0.2) is 32.5 Å². The Morgan fingerprint density at radius 1 is 0.917 bits per heavy atom. The summed E-state index contributed by atoms with van der Waals surface area (Å²) < 4.78 is 0. The molecule has 0 spiro atoms. The molecule has 0 saturated carbocycles. The lowest BCUT2D eigenvalue weighted by atomic mass is 10.2. The van der Waals surface area contributed by atoms with Crippen LogP contribution < -0.4 is 15.1 Å². The molecule has 2 aromatic carbocycles. The number of hydrogen-bond acceptors (Lipinski definition) is 3. The highest BCUT2D eigenvalue weighted by molar-refractivity contribution is 5.97. The lowest BCUT2D eigenvalue weighted by Gasteiger charge is -2.22. The van der Waals surface area contributed by atoms with E-state index in [1.165, 1.54) is 11.8 Å². The minimum Gasteiger partial charge on any atom is -0.378 e. The molecular formula is C19H23N3O2. The summed E-state index contributed by atoms with van der Waals surface area (Å²) in [6.07, 6.45) is 0.